The van der Waals surface area contributed by atoms with E-state index in [1.807, 2.05) is 0 Å². The van der Waals surface area contributed by atoms with E-state index in [1.165, 1.54) is 0 Å². The lowest BCUT2D eigenvalue weighted by atomic mass is 10.1. The molecule has 0 aromatic heterocycles. The number of phenolic OH excluding ortho intramolecular Hbond substituents is 1. The second-order valence-corrected chi connectivity index (χ2v) is 3.62. The number of benzene rings is 1. The van der Waals surface area contributed by atoms with Crippen molar-refractivity contribution >= 4 is 33.3 Å². The van der Waals surface area contributed by atoms with E-state index in [9.17, 15) is 30.1 Å². The van der Waals surface area contributed by atoms with Crippen molar-refractivity contribution in [3.05, 3.63) is 36.3 Å². The Kier molecular flexibility index (Phi) is 3.27. The summed E-state index contributed by atoms with van der Waals surface area (Å²) >= 11 is 2.67. The molecule has 0 aliphatic rings. The molecule has 0 amide bonds. The SMILES string of the molecule is O=C(O)c1c(Br)cc([N+](=O)[O-])c(O)c1[N+](=O)[O-]. The minimum absolute atomic E-state index is 0.360. The maximum absolute atomic E-state index is 10.8. The number of carboxylic acid groups (broad SMARTS) is 1. The zero-order valence-electron chi connectivity index (χ0n) is 7.79. The fourth-order valence-corrected chi connectivity index (χ4v) is 1.71. The average Bonchev–Trinajstić information content (AvgIpc) is 2.18. The van der Waals surface area contributed by atoms with Crippen molar-refractivity contribution in [3.8, 4) is 5.75 Å². The molecule has 0 aliphatic carbocycles. The van der Waals surface area contributed by atoms with E-state index in [1.54, 1.807) is 0 Å². The third kappa shape index (κ3) is 2.15. The number of carboxylic acids is 1. The van der Waals surface area contributed by atoms with Crippen LogP contribution in [0.15, 0.2) is 10.5 Å². The van der Waals surface area contributed by atoms with E-state index in [-0.39, 0.29) is 4.47 Å². The van der Waals surface area contributed by atoms with Crippen LogP contribution in [-0.2, 0) is 0 Å². The number of nitro groups is 2. The molecule has 0 saturated heterocycles. The summed E-state index contributed by atoms with van der Waals surface area (Å²) < 4.78 is -0.360. The molecule has 1 aromatic carbocycles. The van der Waals surface area contributed by atoms with Crippen LogP contribution in [0.5, 0.6) is 5.75 Å². The predicted molar refractivity (Wildman–Crippen MR) is 56.1 cm³/mol. The number of phenols is 1. The highest BCUT2D eigenvalue weighted by atomic mass is 79.9. The zero-order valence-corrected chi connectivity index (χ0v) is 9.37. The van der Waals surface area contributed by atoms with Crippen molar-refractivity contribution in [2.24, 2.45) is 0 Å². The van der Waals surface area contributed by atoms with Crippen LogP contribution in [0.25, 0.3) is 0 Å². The molecule has 0 radical (unpaired) electrons. The topological polar surface area (TPSA) is 144 Å². The second kappa shape index (κ2) is 4.33. The summed E-state index contributed by atoms with van der Waals surface area (Å²) in [6, 6.07) is 0.686. The van der Waals surface area contributed by atoms with Crippen LogP contribution in [0.2, 0.25) is 0 Å². The van der Waals surface area contributed by atoms with Crippen LogP contribution < -0.4 is 0 Å². The number of aromatic hydroxyl groups is 1. The lowest BCUT2D eigenvalue weighted by Gasteiger charge is -2.03. The fourth-order valence-electron chi connectivity index (χ4n) is 1.13. The molecule has 9 nitrogen and oxygen atoms in total. The van der Waals surface area contributed by atoms with Crippen LogP contribution in [0, 0.1) is 20.2 Å². The van der Waals surface area contributed by atoms with Crippen LogP contribution >= 0.6 is 15.9 Å². The summed E-state index contributed by atoms with van der Waals surface area (Å²) in [5.74, 6) is -2.98. The van der Waals surface area contributed by atoms with Gasteiger partial charge in [0.05, 0.1) is 9.85 Å². The molecule has 17 heavy (non-hydrogen) atoms. The maximum atomic E-state index is 10.8. The van der Waals surface area contributed by atoms with Gasteiger partial charge in [-0.3, -0.25) is 20.2 Å². The van der Waals surface area contributed by atoms with Crippen LogP contribution in [0.3, 0.4) is 0 Å². The minimum atomic E-state index is -1.69. The number of nitrogens with zero attached hydrogens (tertiary/aromatic N) is 2. The van der Waals surface area contributed by atoms with Gasteiger partial charge >= 0.3 is 17.3 Å². The van der Waals surface area contributed by atoms with Crippen molar-refractivity contribution in [2.75, 3.05) is 0 Å². The maximum Gasteiger partial charge on any atom is 0.344 e. The number of nitro benzene ring substituents is 2. The first-order valence-electron chi connectivity index (χ1n) is 3.85. The van der Waals surface area contributed by atoms with Gasteiger partial charge in [0.25, 0.3) is 5.75 Å². The Labute approximate surface area is 101 Å². The Morgan fingerprint density at radius 2 is 1.82 bits per heavy atom. The number of rotatable bonds is 3. The Hall–Kier alpha value is -2.23. The van der Waals surface area contributed by atoms with Gasteiger partial charge in [0.15, 0.2) is 5.56 Å². The van der Waals surface area contributed by atoms with Gasteiger partial charge in [0, 0.05) is 10.5 Å². The summed E-state index contributed by atoms with van der Waals surface area (Å²) in [5.41, 5.74) is -3.02. The van der Waals surface area contributed by atoms with Crippen molar-refractivity contribution in [1.29, 1.82) is 0 Å². The quantitative estimate of drug-likeness (QED) is 0.638. The van der Waals surface area contributed by atoms with E-state index in [0.29, 0.717) is 6.07 Å². The van der Waals surface area contributed by atoms with E-state index in [0.717, 1.165) is 0 Å². The highest BCUT2D eigenvalue weighted by Gasteiger charge is 2.34. The van der Waals surface area contributed by atoms with Crippen LogP contribution in [-0.4, -0.2) is 26.0 Å². The standard InChI is InChI=1S/C7H3BrN2O7/c8-2-1-3(9(14)15)6(11)5(10(16)17)4(2)7(12)13/h1,11H,(H,12,13). The van der Waals surface area contributed by atoms with Gasteiger partial charge in [-0.1, -0.05) is 0 Å². The summed E-state index contributed by atoms with van der Waals surface area (Å²) in [7, 11) is 0. The van der Waals surface area contributed by atoms with Crippen LogP contribution in [0.4, 0.5) is 11.4 Å². The molecule has 0 atom stereocenters. The van der Waals surface area contributed by atoms with Gasteiger partial charge in [0.1, 0.15) is 0 Å². The first-order chi connectivity index (χ1) is 7.77. The lowest BCUT2D eigenvalue weighted by molar-refractivity contribution is -0.396. The molecule has 0 fully saturated rings. The third-order valence-corrected chi connectivity index (χ3v) is 2.42. The summed E-state index contributed by atoms with van der Waals surface area (Å²) in [5, 5.41) is 39.1. The van der Waals surface area contributed by atoms with Gasteiger partial charge in [-0.2, -0.15) is 0 Å². The first kappa shape index (κ1) is 12.8. The van der Waals surface area contributed by atoms with Crippen molar-refractivity contribution < 1.29 is 24.9 Å². The van der Waals surface area contributed by atoms with E-state index in [2.05, 4.69) is 15.9 Å². The van der Waals surface area contributed by atoms with Gasteiger partial charge in [-0.25, -0.2) is 4.79 Å². The number of aromatic carboxylic acids is 1. The molecule has 2 N–H and O–H groups in total. The van der Waals surface area contributed by atoms with Crippen LogP contribution in [0.1, 0.15) is 10.4 Å². The van der Waals surface area contributed by atoms with E-state index in [4.69, 9.17) is 5.11 Å². The van der Waals surface area contributed by atoms with Crippen molar-refractivity contribution in [3.63, 3.8) is 0 Å². The molecule has 1 rings (SSSR count). The molecule has 10 heteroatoms. The number of hydrogen-bond donors (Lipinski definition) is 2. The van der Waals surface area contributed by atoms with Crippen molar-refractivity contribution in [1.82, 2.24) is 0 Å². The number of halogens is 1. The Morgan fingerprint density at radius 1 is 1.29 bits per heavy atom. The van der Waals surface area contributed by atoms with E-state index < -0.39 is 38.5 Å². The average molecular weight is 307 g/mol. The Bertz CT molecular complexity index is 542. The molecule has 0 aliphatic heterocycles. The first-order valence-corrected chi connectivity index (χ1v) is 4.64. The zero-order chi connectivity index (χ0) is 13.3. The molecule has 90 valence electrons. The molecule has 1 aromatic rings. The number of carbonyl (C=O) groups is 1. The molecule has 0 saturated carbocycles. The fraction of sp³-hybridized carbons (Fsp3) is 0. The van der Waals surface area contributed by atoms with Gasteiger partial charge < -0.3 is 10.2 Å². The lowest BCUT2D eigenvalue weighted by Crippen LogP contribution is -2.05. The van der Waals surface area contributed by atoms with E-state index >= 15 is 0 Å². The monoisotopic (exact) mass is 306 g/mol. The Morgan fingerprint density at radius 3 is 2.18 bits per heavy atom. The van der Waals surface area contributed by atoms with Crippen molar-refractivity contribution in [2.45, 2.75) is 0 Å². The largest absolute Gasteiger partial charge is 0.497 e. The molecule has 0 heterocycles. The molecule has 0 spiro atoms. The van der Waals surface area contributed by atoms with Gasteiger partial charge in [-0.15, -0.1) is 0 Å². The Balaban J connectivity index is 3.78. The number of hydrogen-bond acceptors (Lipinski definition) is 6. The predicted octanol–water partition coefficient (Wildman–Crippen LogP) is 1.67. The summed E-state index contributed by atoms with van der Waals surface area (Å²) in [6.07, 6.45) is 0. The minimum Gasteiger partial charge on any atom is -0.497 e. The smallest absolute Gasteiger partial charge is 0.344 e. The van der Waals surface area contributed by atoms with Gasteiger partial charge in [0.2, 0.25) is 0 Å². The molecular formula is C7H3BrN2O7. The summed E-state index contributed by atoms with van der Waals surface area (Å²) in [4.78, 5) is 29.6. The third-order valence-electron chi connectivity index (χ3n) is 1.80. The highest BCUT2D eigenvalue weighted by molar-refractivity contribution is 9.10. The molecule has 0 unspecified atom stereocenters. The molecular weight excluding hydrogens is 304 g/mol. The van der Waals surface area contributed by atoms with Gasteiger partial charge in [-0.05, 0) is 15.9 Å². The second-order valence-electron chi connectivity index (χ2n) is 2.77. The normalized spacial score (nSPS) is 9.94. The molecule has 0 bridgehead atoms. The highest BCUT2D eigenvalue weighted by Crippen LogP contribution is 2.42. The summed E-state index contributed by atoms with van der Waals surface area (Å²) in [6.45, 7) is 0.